The van der Waals surface area contributed by atoms with Crippen LogP contribution in [0.25, 0.3) is 0 Å². The van der Waals surface area contributed by atoms with E-state index in [9.17, 15) is 4.79 Å². The highest BCUT2D eigenvalue weighted by Crippen LogP contribution is 2.26. The van der Waals surface area contributed by atoms with E-state index in [0.29, 0.717) is 13.2 Å². The maximum atomic E-state index is 12.8. The summed E-state index contributed by atoms with van der Waals surface area (Å²) in [5.41, 5.74) is 8.11. The minimum absolute atomic E-state index is 0.0252. The lowest BCUT2D eigenvalue weighted by Gasteiger charge is -2.39. The average molecular weight is 310 g/mol. The molecule has 0 bridgehead atoms. The highest BCUT2D eigenvalue weighted by Gasteiger charge is 2.33. The number of carbonyl (C=O) groups is 1. The first-order chi connectivity index (χ1) is 11.2. The molecule has 23 heavy (non-hydrogen) atoms. The molecule has 1 saturated heterocycles. The van der Waals surface area contributed by atoms with Crippen molar-refractivity contribution in [3.8, 4) is 0 Å². The zero-order valence-corrected chi connectivity index (χ0v) is 13.3. The van der Waals surface area contributed by atoms with Gasteiger partial charge in [-0.3, -0.25) is 4.79 Å². The lowest BCUT2D eigenvalue weighted by Crippen LogP contribution is -2.51. The molecular formula is C19H22N2O2. The first-order valence-corrected chi connectivity index (χ1v) is 7.94. The number of benzene rings is 2. The molecule has 1 amide bonds. The molecule has 120 valence electrons. The summed E-state index contributed by atoms with van der Waals surface area (Å²) in [5, 5.41) is 0. The zero-order chi connectivity index (χ0) is 16.2. The summed E-state index contributed by atoms with van der Waals surface area (Å²) in [7, 11) is 0. The van der Waals surface area contributed by atoms with Crippen LogP contribution in [-0.4, -0.2) is 30.0 Å². The third-order valence-electron chi connectivity index (χ3n) is 4.31. The van der Waals surface area contributed by atoms with Gasteiger partial charge in [0.25, 0.3) is 0 Å². The van der Waals surface area contributed by atoms with Gasteiger partial charge in [0.1, 0.15) is 12.1 Å². The van der Waals surface area contributed by atoms with Gasteiger partial charge in [-0.15, -0.1) is 0 Å². The second kappa shape index (κ2) is 6.94. The average Bonchev–Trinajstić information content (AvgIpc) is 2.62. The number of nitrogens with zero attached hydrogens (tertiary/aromatic N) is 1. The third-order valence-corrected chi connectivity index (χ3v) is 4.31. The first-order valence-electron chi connectivity index (χ1n) is 7.94. The fourth-order valence-electron chi connectivity index (χ4n) is 2.91. The summed E-state index contributed by atoms with van der Waals surface area (Å²) in [6, 6.07) is 18.9. The van der Waals surface area contributed by atoms with Crippen LogP contribution in [0.5, 0.6) is 0 Å². The van der Waals surface area contributed by atoms with Crippen LogP contribution in [0.4, 0.5) is 0 Å². The molecule has 0 radical (unpaired) electrons. The Morgan fingerprint density at radius 3 is 2.39 bits per heavy atom. The highest BCUT2D eigenvalue weighted by molar-refractivity contribution is 5.83. The Bertz CT molecular complexity index is 645. The van der Waals surface area contributed by atoms with Crippen molar-refractivity contribution in [1.82, 2.24) is 4.90 Å². The van der Waals surface area contributed by atoms with E-state index in [1.54, 1.807) is 0 Å². The Kier molecular flexibility index (Phi) is 4.74. The summed E-state index contributed by atoms with van der Waals surface area (Å²) >= 11 is 0. The van der Waals surface area contributed by atoms with Gasteiger partial charge < -0.3 is 15.4 Å². The fraction of sp³-hybridized carbons (Fsp3) is 0.316. The van der Waals surface area contributed by atoms with E-state index in [-0.39, 0.29) is 18.1 Å². The molecule has 0 saturated carbocycles. The van der Waals surface area contributed by atoms with E-state index in [1.165, 1.54) is 0 Å². The van der Waals surface area contributed by atoms with Crippen molar-refractivity contribution in [2.75, 3.05) is 13.2 Å². The maximum Gasteiger partial charge on any atom is 0.244 e. The second-order valence-corrected chi connectivity index (χ2v) is 5.96. The van der Waals surface area contributed by atoms with Gasteiger partial charge in [0, 0.05) is 0 Å². The van der Waals surface area contributed by atoms with Crippen molar-refractivity contribution in [2.45, 2.75) is 25.1 Å². The van der Waals surface area contributed by atoms with Crippen LogP contribution in [-0.2, 0) is 9.53 Å². The first kappa shape index (κ1) is 15.7. The molecule has 0 spiro atoms. The maximum absolute atomic E-state index is 12.8. The number of amides is 1. The van der Waals surface area contributed by atoms with Gasteiger partial charge in [-0.2, -0.15) is 0 Å². The zero-order valence-electron chi connectivity index (χ0n) is 13.3. The predicted molar refractivity (Wildman–Crippen MR) is 89.7 cm³/mol. The molecule has 3 atom stereocenters. The van der Waals surface area contributed by atoms with Gasteiger partial charge in [-0.25, -0.2) is 0 Å². The molecule has 0 unspecified atom stereocenters. The van der Waals surface area contributed by atoms with E-state index in [2.05, 4.69) is 0 Å². The minimum Gasteiger partial charge on any atom is -0.370 e. The molecule has 0 aliphatic carbocycles. The smallest absolute Gasteiger partial charge is 0.244 e. The summed E-state index contributed by atoms with van der Waals surface area (Å²) in [6.45, 7) is 3.05. The largest absolute Gasteiger partial charge is 0.370 e. The topological polar surface area (TPSA) is 55.6 Å². The fourth-order valence-corrected chi connectivity index (χ4v) is 2.91. The van der Waals surface area contributed by atoms with Gasteiger partial charge in [0.2, 0.25) is 5.91 Å². The SMILES string of the molecule is C[C@@H]1CO[C@@H](c2ccccc2)CN1C(=O)[C@H](N)c1ccccc1. The monoisotopic (exact) mass is 310 g/mol. The molecule has 1 heterocycles. The van der Waals surface area contributed by atoms with E-state index >= 15 is 0 Å². The summed E-state index contributed by atoms with van der Waals surface area (Å²) in [6.07, 6.45) is -0.0978. The van der Waals surface area contributed by atoms with Crippen molar-refractivity contribution >= 4 is 5.91 Å². The van der Waals surface area contributed by atoms with Crippen molar-refractivity contribution in [3.63, 3.8) is 0 Å². The predicted octanol–water partition coefficient (Wildman–Crippen LogP) is 2.68. The van der Waals surface area contributed by atoms with E-state index in [1.807, 2.05) is 72.5 Å². The highest BCUT2D eigenvalue weighted by atomic mass is 16.5. The summed E-state index contributed by atoms with van der Waals surface area (Å²) in [4.78, 5) is 14.7. The Labute approximate surface area is 136 Å². The number of morpholine rings is 1. The van der Waals surface area contributed by atoms with Crippen LogP contribution >= 0.6 is 0 Å². The van der Waals surface area contributed by atoms with Crippen LogP contribution in [0.2, 0.25) is 0 Å². The molecule has 1 aliphatic rings. The Balaban J connectivity index is 1.76. The Hall–Kier alpha value is -2.17. The minimum atomic E-state index is -0.631. The van der Waals surface area contributed by atoms with Gasteiger partial charge >= 0.3 is 0 Å². The number of carbonyl (C=O) groups excluding carboxylic acids is 1. The molecule has 2 N–H and O–H groups in total. The summed E-state index contributed by atoms with van der Waals surface area (Å²) in [5.74, 6) is -0.0482. The molecular weight excluding hydrogens is 288 g/mol. The number of ether oxygens (including phenoxy) is 1. The Morgan fingerprint density at radius 2 is 1.74 bits per heavy atom. The molecule has 2 aromatic carbocycles. The Morgan fingerprint density at radius 1 is 1.13 bits per heavy atom. The van der Waals surface area contributed by atoms with E-state index in [4.69, 9.17) is 10.5 Å². The lowest BCUT2D eigenvalue weighted by atomic mass is 10.0. The second-order valence-electron chi connectivity index (χ2n) is 5.96. The molecule has 2 aromatic rings. The summed E-state index contributed by atoms with van der Waals surface area (Å²) < 4.78 is 5.91. The van der Waals surface area contributed by atoms with Crippen LogP contribution in [0.15, 0.2) is 60.7 Å². The molecule has 1 aliphatic heterocycles. The molecule has 4 heteroatoms. The molecule has 3 rings (SSSR count). The van der Waals surface area contributed by atoms with Crippen molar-refractivity contribution in [2.24, 2.45) is 5.73 Å². The van der Waals surface area contributed by atoms with Crippen LogP contribution < -0.4 is 5.73 Å². The number of nitrogens with two attached hydrogens (primary N) is 1. The number of hydrogen-bond acceptors (Lipinski definition) is 3. The van der Waals surface area contributed by atoms with Gasteiger partial charge in [0.15, 0.2) is 0 Å². The van der Waals surface area contributed by atoms with Crippen molar-refractivity contribution in [3.05, 3.63) is 71.8 Å². The third kappa shape index (κ3) is 3.44. The number of rotatable bonds is 3. The normalized spacial score (nSPS) is 22.6. The van der Waals surface area contributed by atoms with Crippen molar-refractivity contribution < 1.29 is 9.53 Å². The molecule has 0 aromatic heterocycles. The molecule has 4 nitrogen and oxygen atoms in total. The van der Waals surface area contributed by atoms with Gasteiger partial charge in [-0.1, -0.05) is 60.7 Å². The van der Waals surface area contributed by atoms with Gasteiger partial charge in [0.05, 0.1) is 19.2 Å². The lowest BCUT2D eigenvalue weighted by molar-refractivity contribution is -0.146. The van der Waals surface area contributed by atoms with Crippen molar-refractivity contribution in [1.29, 1.82) is 0 Å². The standard InChI is InChI=1S/C19H22N2O2/c1-14-13-23-17(15-8-4-2-5-9-15)12-21(14)19(22)18(20)16-10-6-3-7-11-16/h2-11,14,17-18H,12-13,20H2,1H3/t14-,17-,18-/m1/s1. The molecule has 1 fully saturated rings. The van der Waals surface area contributed by atoms with E-state index < -0.39 is 6.04 Å². The van der Waals surface area contributed by atoms with Crippen LogP contribution in [0.1, 0.15) is 30.2 Å². The van der Waals surface area contributed by atoms with Crippen LogP contribution in [0.3, 0.4) is 0 Å². The van der Waals surface area contributed by atoms with Gasteiger partial charge in [-0.05, 0) is 18.1 Å². The van der Waals surface area contributed by atoms with E-state index in [0.717, 1.165) is 11.1 Å². The quantitative estimate of drug-likeness (QED) is 0.948. The number of hydrogen-bond donors (Lipinski definition) is 1. The van der Waals surface area contributed by atoms with Crippen LogP contribution in [0, 0.1) is 0 Å².